The van der Waals surface area contributed by atoms with Gasteiger partial charge in [-0.25, -0.2) is 9.78 Å². The summed E-state index contributed by atoms with van der Waals surface area (Å²) in [7, 11) is 0. The van der Waals surface area contributed by atoms with Crippen LogP contribution in [0.5, 0.6) is 0 Å². The summed E-state index contributed by atoms with van der Waals surface area (Å²) in [5.41, 5.74) is 0.0749. The lowest BCUT2D eigenvalue weighted by atomic mass is 9.79. The molecule has 1 aromatic heterocycles. The van der Waals surface area contributed by atoms with Crippen molar-refractivity contribution in [3.8, 4) is 0 Å². The molecule has 1 amide bonds. The topological polar surface area (TPSA) is 110 Å². The highest BCUT2D eigenvalue weighted by Crippen LogP contribution is 2.27. The average molecular weight is 478 g/mol. The number of allylic oxidation sites excluding steroid dienone is 2. The largest absolute Gasteiger partial charge is 0.444 e. The van der Waals surface area contributed by atoms with Crippen molar-refractivity contribution in [2.45, 2.75) is 93.9 Å². The molecule has 192 valence electrons. The van der Waals surface area contributed by atoms with Crippen LogP contribution < -0.4 is 5.32 Å². The van der Waals surface area contributed by atoms with E-state index in [0.717, 1.165) is 5.69 Å². The molecule has 1 rings (SSSR count). The van der Waals surface area contributed by atoms with Crippen molar-refractivity contribution in [2.75, 3.05) is 6.61 Å². The third kappa shape index (κ3) is 9.79. The van der Waals surface area contributed by atoms with Gasteiger partial charge in [0, 0.05) is 13.0 Å². The van der Waals surface area contributed by atoms with E-state index in [0.29, 0.717) is 18.8 Å². The molecule has 8 heteroatoms. The van der Waals surface area contributed by atoms with Crippen LogP contribution in [0.2, 0.25) is 0 Å². The normalized spacial score (nSPS) is 14.6. The molecule has 0 radical (unpaired) electrons. The number of carbonyl (C=O) groups is 3. The van der Waals surface area contributed by atoms with Crippen LogP contribution in [0.4, 0.5) is 4.79 Å². The van der Waals surface area contributed by atoms with Crippen LogP contribution >= 0.6 is 0 Å². The predicted octanol–water partition coefficient (Wildman–Crippen LogP) is 5.25. The fourth-order valence-electron chi connectivity index (χ4n) is 3.39. The van der Waals surface area contributed by atoms with Crippen LogP contribution in [0.1, 0.15) is 92.0 Å². The lowest BCUT2D eigenvalue weighted by molar-refractivity contribution is -0.124. The molecule has 0 saturated heterocycles. The number of hydrogen-bond donors (Lipinski definition) is 2. The number of carbonyl (C=O) groups excluding carboxylic acids is 3. The number of hydrogen-bond acceptors (Lipinski definition) is 6. The molecule has 34 heavy (non-hydrogen) atoms. The highest BCUT2D eigenvalue weighted by Gasteiger charge is 2.35. The van der Waals surface area contributed by atoms with Gasteiger partial charge in [0.25, 0.3) is 0 Å². The Labute approximate surface area is 204 Å². The molecule has 0 spiro atoms. The molecule has 8 nitrogen and oxygen atoms in total. The molecule has 2 atom stereocenters. The average Bonchev–Trinajstić information content (AvgIpc) is 3.15. The van der Waals surface area contributed by atoms with Crippen molar-refractivity contribution >= 4 is 17.7 Å². The van der Waals surface area contributed by atoms with Crippen LogP contribution in [0.15, 0.2) is 17.8 Å². The lowest BCUT2D eigenvalue weighted by Crippen LogP contribution is -2.50. The molecule has 0 aliphatic heterocycles. The summed E-state index contributed by atoms with van der Waals surface area (Å²) in [6.45, 7) is 19.6. The number of H-pyrrole nitrogens is 1. The molecular formula is C26H43N3O5. The first kappa shape index (κ1) is 29.6. The van der Waals surface area contributed by atoms with Crippen LogP contribution in [0.3, 0.4) is 0 Å². The monoisotopic (exact) mass is 477 g/mol. The minimum Gasteiger partial charge on any atom is -0.444 e. The van der Waals surface area contributed by atoms with E-state index in [2.05, 4.69) is 15.3 Å². The first-order valence-corrected chi connectivity index (χ1v) is 11.9. The van der Waals surface area contributed by atoms with E-state index in [4.69, 9.17) is 9.47 Å². The third-order valence-electron chi connectivity index (χ3n) is 5.27. The van der Waals surface area contributed by atoms with Gasteiger partial charge in [0.15, 0.2) is 11.6 Å². The van der Waals surface area contributed by atoms with Gasteiger partial charge in [0.05, 0.1) is 24.5 Å². The van der Waals surface area contributed by atoms with Crippen LogP contribution in [-0.4, -0.2) is 45.9 Å². The molecule has 0 aliphatic carbocycles. The standard InChI is InChI=1S/C26H43N3O5/c1-11-33-15-19-14-27-23(28-19)21(31)17(4)12-18(16(2)3)13-20(30)22(25(5,6)7)29-24(32)34-26(8,9)10/h12,14,16,18,22H,11,13,15H2,1-10H3,(H,27,28)(H,29,32). The molecule has 2 N–H and O–H groups in total. The van der Waals surface area contributed by atoms with Crippen LogP contribution in [-0.2, 0) is 20.9 Å². The number of alkyl carbamates (subject to hydrolysis) is 1. The minimum atomic E-state index is -0.723. The van der Waals surface area contributed by atoms with Gasteiger partial charge in [-0.1, -0.05) is 40.7 Å². The highest BCUT2D eigenvalue weighted by molar-refractivity contribution is 6.05. The number of Topliss-reactive ketones (excluding diaryl/α,β-unsaturated/α-hetero) is 2. The summed E-state index contributed by atoms with van der Waals surface area (Å²) >= 11 is 0. The molecule has 0 saturated carbocycles. The Morgan fingerprint density at radius 2 is 1.76 bits per heavy atom. The second-order valence-corrected chi connectivity index (χ2v) is 11.1. The van der Waals surface area contributed by atoms with Crippen molar-refractivity contribution in [2.24, 2.45) is 17.3 Å². The number of ketones is 2. The Kier molecular flexibility index (Phi) is 10.7. The summed E-state index contributed by atoms with van der Waals surface area (Å²) < 4.78 is 10.7. The van der Waals surface area contributed by atoms with Crippen molar-refractivity contribution in [3.05, 3.63) is 29.4 Å². The number of nitrogens with zero attached hydrogens (tertiary/aromatic N) is 1. The molecular weight excluding hydrogens is 434 g/mol. The highest BCUT2D eigenvalue weighted by atomic mass is 16.6. The Morgan fingerprint density at radius 3 is 2.26 bits per heavy atom. The minimum absolute atomic E-state index is 0.106. The summed E-state index contributed by atoms with van der Waals surface area (Å²) in [5.74, 6) is -0.152. The maximum atomic E-state index is 13.3. The van der Waals surface area contributed by atoms with Gasteiger partial charge in [-0.15, -0.1) is 0 Å². The van der Waals surface area contributed by atoms with Crippen molar-refractivity contribution < 1.29 is 23.9 Å². The molecule has 1 heterocycles. The summed E-state index contributed by atoms with van der Waals surface area (Å²) in [6, 6.07) is -0.723. The fourth-order valence-corrected chi connectivity index (χ4v) is 3.39. The van der Waals surface area contributed by atoms with Gasteiger partial charge in [0.1, 0.15) is 5.60 Å². The van der Waals surface area contributed by atoms with Crippen molar-refractivity contribution in [1.82, 2.24) is 15.3 Å². The number of imidazole rings is 1. The van der Waals surface area contributed by atoms with Crippen molar-refractivity contribution in [3.63, 3.8) is 0 Å². The number of aromatic amines is 1. The Bertz CT molecular complexity index is 872. The van der Waals surface area contributed by atoms with Gasteiger partial charge < -0.3 is 19.8 Å². The number of rotatable bonds is 11. The van der Waals surface area contributed by atoms with E-state index in [-0.39, 0.29) is 35.6 Å². The van der Waals surface area contributed by atoms with Crippen LogP contribution in [0.25, 0.3) is 0 Å². The molecule has 0 bridgehead atoms. The van der Waals surface area contributed by atoms with E-state index in [1.54, 1.807) is 33.9 Å². The van der Waals surface area contributed by atoms with Gasteiger partial charge >= 0.3 is 6.09 Å². The fraction of sp³-hybridized carbons (Fsp3) is 0.692. The molecule has 0 aliphatic rings. The SMILES string of the molecule is CCOCc1cnc(C(=O)C(C)=CC(CC(=O)C(NC(=O)OC(C)(C)C)C(C)(C)C)C(C)C)[nH]1. The smallest absolute Gasteiger partial charge is 0.408 e. The first-order chi connectivity index (χ1) is 15.5. The van der Waals surface area contributed by atoms with E-state index in [1.807, 2.05) is 47.6 Å². The zero-order chi connectivity index (χ0) is 26.3. The molecule has 1 aromatic rings. The zero-order valence-corrected chi connectivity index (χ0v) is 22.5. The maximum Gasteiger partial charge on any atom is 0.408 e. The van der Waals surface area contributed by atoms with Gasteiger partial charge in [-0.2, -0.15) is 0 Å². The van der Waals surface area contributed by atoms with E-state index >= 15 is 0 Å². The van der Waals surface area contributed by atoms with Gasteiger partial charge in [0.2, 0.25) is 5.78 Å². The van der Waals surface area contributed by atoms with Gasteiger partial charge in [-0.05, 0) is 57.4 Å². The van der Waals surface area contributed by atoms with E-state index in [9.17, 15) is 14.4 Å². The first-order valence-electron chi connectivity index (χ1n) is 11.9. The summed E-state index contributed by atoms with van der Waals surface area (Å²) in [5, 5.41) is 2.75. The van der Waals surface area contributed by atoms with Gasteiger partial charge in [-0.3, -0.25) is 9.59 Å². The predicted molar refractivity (Wildman–Crippen MR) is 133 cm³/mol. The summed E-state index contributed by atoms with van der Waals surface area (Å²) in [6.07, 6.45) is 3.00. The quantitative estimate of drug-likeness (QED) is 0.333. The number of amides is 1. The second kappa shape index (κ2) is 12.3. The number of ether oxygens (including phenoxy) is 2. The summed E-state index contributed by atoms with van der Waals surface area (Å²) in [4.78, 5) is 45.7. The number of nitrogens with one attached hydrogen (secondary N) is 2. The second-order valence-electron chi connectivity index (χ2n) is 11.1. The Balaban J connectivity index is 3.02. The maximum absolute atomic E-state index is 13.3. The Morgan fingerprint density at radius 1 is 1.15 bits per heavy atom. The molecule has 2 unspecified atom stereocenters. The van der Waals surface area contributed by atoms with Crippen molar-refractivity contribution in [1.29, 1.82) is 0 Å². The van der Waals surface area contributed by atoms with Crippen LogP contribution in [0, 0.1) is 17.3 Å². The van der Waals surface area contributed by atoms with E-state index in [1.165, 1.54) is 0 Å². The molecule has 0 aromatic carbocycles. The Hall–Kier alpha value is -2.48. The zero-order valence-electron chi connectivity index (χ0n) is 22.5. The lowest BCUT2D eigenvalue weighted by Gasteiger charge is -2.32. The molecule has 0 fully saturated rings. The van der Waals surface area contributed by atoms with E-state index < -0.39 is 23.2 Å². The number of aromatic nitrogens is 2. The third-order valence-corrected chi connectivity index (χ3v) is 5.27.